The van der Waals surface area contributed by atoms with Crippen LogP contribution in [0.25, 0.3) is 0 Å². The highest BCUT2D eigenvalue weighted by atomic mass is 35.5. The van der Waals surface area contributed by atoms with Crippen LogP contribution in [0.4, 0.5) is 5.82 Å². The zero-order chi connectivity index (χ0) is 11.8. The molecule has 0 amide bonds. The van der Waals surface area contributed by atoms with Crippen LogP contribution in [0.1, 0.15) is 19.8 Å². The Morgan fingerprint density at radius 3 is 2.94 bits per heavy atom. The first-order chi connectivity index (χ1) is 7.74. The van der Waals surface area contributed by atoms with E-state index in [4.69, 9.17) is 27.9 Å². The van der Waals surface area contributed by atoms with Crippen molar-refractivity contribution in [3.63, 3.8) is 0 Å². The van der Waals surface area contributed by atoms with Gasteiger partial charge in [0, 0.05) is 19.8 Å². The summed E-state index contributed by atoms with van der Waals surface area (Å²) in [5, 5.41) is 3.74. The Hall–Kier alpha value is -0.580. The van der Waals surface area contributed by atoms with Crippen LogP contribution in [0.5, 0.6) is 0 Å². The average molecular weight is 264 g/mol. The molecule has 0 fully saturated rings. The summed E-state index contributed by atoms with van der Waals surface area (Å²) in [6.45, 7) is 4.37. The maximum Gasteiger partial charge on any atom is 0.224 e. The second-order valence-electron chi connectivity index (χ2n) is 3.23. The molecule has 0 aliphatic rings. The van der Waals surface area contributed by atoms with Gasteiger partial charge in [-0.3, -0.25) is 0 Å². The first kappa shape index (κ1) is 13.5. The topological polar surface area (TPSA) is 47.0 Å². The first-order valence-corrected chi connectivity index (χ1v) is 5.99. The van der Waals surface area contributed by atoms with Crippen molar-refractivity contribution < 1.29 is 4.74 Å². The maximum atomic E-state index is 5.88. The number of rotatable bonds is 7. The van der Waals surface area contributed by atoms with Crippen molar-refractivity contribution >= 4 is 29.0 Å². The van der Waals surface area contributed by atoms with Crippen LogP contribution in [0, 0.1) is 0 Å². The van der Waals surface area contributed by atoms with Crippen molar-refractivity contribution in [3.8, 4) is 0 Å². The Balaban J connectivity index is 2.23. The second-order valence-corrected chi connectivity index (χ2v) is 3.97. The highest BCUT2D eigenvalue weighted by Gasteiger charge is 2.02. The van der Waals surface area contributed by atoms with Crippen LogP contribution in [-0.4, -0.2) is 29.7 Å². The molecule has 0 radical (unpaired) electrons. The zero-order valence-electron chi connectivity index (χ0n) is 9.17. The van der Waals surface area contributed by atoms with Gasteiger partial charge in [-0.2, -0.15) is 4.98 Å². The molecule has 0 aromatic carbocycles. The third kappa shape index (κ3) is 4.96. The van der Waals surface area contributed by atoms with Crippen molar-refractivity contribution in [2.75, 3.05) is 25.1 Å². The maximum absolute atomic E-state index is 5.88. The van der Waals surface area contributed by atoms with E-state index in [2.05, 4.69) is 22.2 Å². The van der Waals surface area contributed by atoms with E-state index in [1.807, 2.05) is 0 Å². The minimum absolute atomic E-state index is 0.189. The highest BCUT2D eigenvalue weighted by Crippen LogP contribution is 2.18. The van der Waals surface area contributed by atoms with Gasteiger partial charge in [0.1, 0.15) is 10.8 Å². The van der Waals surface area contributed by atoms with Gasteiger partial charge in [0.15, 0.2) is 0 Å². The van der Waals surface area contributed by atoms with Gasteiger partial charge in [0.2, 0.25) is 5.28 Å². The number of nitrogens with zero attached hydrogens (tertiary/aromatic N) is 2. The molecule has 0 saturated carbocycles. The van der Waals surface area contributed by atoms with Crippen LogP contribution in [-0.2, 0) is 4.74 Å². The number of hydrogen-bond acceptors (Lipinski definition) is 4. The largest absolute Gasteiger partial charge is 0.381 e. The average Bonchev–Trinajstić information content (AvgIpc) is 2.28. The fourth-order valence-electron chi connectivity index (χ4n) is 1.10. The summed E-state index contributed by atoms with van der Waals surface area (Å²) < 4.78 is 5.34. The van der Waals surface area contributed by atoms with Crippen molar-refractivity contribution in [2.45, 2.75) is 19.8 Å². The summed E-state index contributed by atoms with van der Waals surface area (Å²) in [6.07, 6.45) is 3.42. The van der Waals surface area contributed by atoms with Gasteiger partial charge >= 0.3 is 0 Å². The summed E-state index contributed by atoms with van der Waals surface area (Å²) in [6, 6.07) is 0. The van der Waals surface area contributed by atoms with E-state index in [0.29, 0.717) is 10.8 Å². The molecule has 90 valence electrons. The molecule has 1 aromatic rings. The Morgan fingerprint density at radius 2 is 2.19 bits per heavy atom. The van der Waals surface area contributed by atoms with Gasteiger partial charge in [-0.05, 0) is 24.4 Å². The minimum Gasteiger partial charge on any atom is -0.381 e. The molecule has 1 aromatic heterocycles. The summed E-state index contributed by atoms with van der Waals surface area (Å²) >= 11 is 11.5. The lowest BCUT2D eigenvalue weighted by Crippen LogP contribution is -2.08. The standard InChI is InChI=1S/C10H15Cl2N3O/c1-2-5-16-6-3-4-13-9-8(11)7-14-10(12)15-9/h7H,2-6H2,1H3,(H,13,14,15). The molecule has 1 heterocycles. The third-order valence-corrected chi connectivity index (χ3v) is 2.28. The van der Waals surface area contributed by atoms with Gasteiger partial charge in [-0.1, -0.05) is 18.5 Å². The van der Waals surface area contributed by atoms with E-state index in [-0.39, 0.29) is 5.28 Å². The zero-order valence-corrected chi connectivity index (χ0v) is 10.7. The van der Waals surface area contributed by atoms with E-state index >= 15 is 0 Å². The van der Waals surface area contributed by atoms with E-state index in [1.165, 1.54) is 6.20 Å². The number of halogens is 2. The van der Waals surface area contributed by atoms with Crippen molar-refractivity contribution in [1.82, 2.24) is 9.97 Å². The Morgan fingerprint density at radius 1 is 1.38 bits per heavy atom. The van der Waals surface area contributed by atoms with Gasteiger partial charge in [0.25, 0.3) is 0 Å². The van der Waals surface area contributed by atoms with Crippen LogP contribution in [0.2, 0.25) is 10.3 Å². The van der Waals surface area contributed by atoms with Crippen molar-refractivity contribution in [3.05, 3.63) is 16.5 Å². The molecule has 0 saturated heterocycles. The predicted octanol–water partition coefficient (Wildman–Crippen LogP) is 3.01. The normalized spacial score (nSPS) is 10.4. The predicted molar refractivity (Wildman–Crippen MR) is 66.3 cm³/mol. The van der Waals surface area contributed by atoms with Crippen LogP contribution in [0.15, 0.2) is 6.20 Å². The number of aromatic nitrogens is 2. The number of anilines is 1. The van der Waals surface area contributed by atoms with E-state index in [1.54, 1.807) is 0 Å². The molecule has 4 nitrogen and oxygen atoms in total. The molecule has 1 N–H and O–H groups in total. The number of ether oxygens (including phenoxy) is 1. The fraction of sp³-hybridized carbons (Fsp3) is 0.600. The van der Waals surface area contributed by atoms with E-state index in [0.717, 1.165) is 32.6 Å². The molecular formula is C10H15Cl2N3O. The second kappa shape index (κ2) is 7.65. The molecule has 0 spiro atoms. The van der Waals surface area contributed by atoms with Gasteiger partial charge in [-0.15, -0.1) is 0 Å². The summed E-state index contributed by atoms with van der Waals surface area (Å²) in [7, 11) is 0. The van der Waals surface area contributed by atoms with Crippen LogP contribution >= 0.6 is 23.2 Å². The molecule has 0 bridgehead atoms. The Labute approximate surface area is 105 Å². The molecule has 0 unspecified atom stereocenters. The molecule has 16 heavy (non-hydrogen) atoms. The SMILES string of the molecule is CCCOCCCNc1nc(Cl)ncc1Cl. The summed E-state index contributed by atoms with van der Waals surface area (Å²) in [4.78, 5) is 7.74. The van der Waals surface area contributed by atoms with Crippen molar-refractivity contribution in [1.29, 1.82) is 0 Å². The fourth-order valence-corrected chi connectivity index (χ4v) is 1.39. The van der Waals surface area contributed by atoms with Crippen LogP contribution in [0.3, 0.4) is 0 Å². The van der Waals surface area contributed by atoms with Crippen molar-refractivity contribution in [2.24, 2.45) is 0 Å². The molecule has 0 atom stereocenters. The van der Waals surface area contributed by atoms with Gasteiger partial charge in [0.05, 0.1) is 6.20 Å². The van der Waals surface area contributed by atoms with Gasteiger partial charge in [-0.25, -0.2) is 4.98 Å². The summed E-state index contributed by atoms with van der Waals surface area (Å²) in [5.41, 5.74) is 0. The lowest BCUT2D eigenvalue weighted by atomic mass is 10.4. The third-order valence-electron chi connectivity index (χ3n) is 1.82. The lowest BCUT2D eigenvalue weighted by Gasteiger charge is -2.07. The Bertz CT molecular complexity index is 323. The Kier molecular flexibility index (Phi) is 6.45. The molecular weight excluding hydrogens is 249 g/mol. The smallest absolute Gasteiger partial charge is 0.224 e. The number of nitrogens with one attached hydrogen (secondary N) is 1. The molecule has 0 aliphatic heterocycles. The number of hydrogen-bond donors (Lipinski definition) is 1. The molecule has 0 aliphatic carbocycles. The minimum atomic E-state index is 0.189. The quantitative estimate of drug-likeness (QED) is 0.607. The monoisotopic (exact) mass is 263 g/mol. The van der Waals surface area contributed by atoms with Gasteiger partial charge < -0.3 is 10.1 Å². The van der Waals surface area contributed by atoms with Crippen LogP contribution < -0.4 is 5.32 Å². The molecule has 1 rings (SSSR count). The lowest BCUT2D eigenvalue weighted by molar-refractivity contribution is 0.134. The van der Waals surface area contributed by atoms with E-state index in [9.17, 15) is 0 Å². The van der Waals surface area contributed by atoms with E-state index < -0.39 is 0 Å². The first-order valence-electron chi connectivity index (χ1n) is 5.23. The summed E-state index contributed by atoms with van der Waals surface area (Å²) in [5.74, 6) is 0.567. The molecule has 6 heteroatoms. The highest BCUT2D eigenvalue weighted by molar-refractivity contribution is 6.33.